The van der Waals surface area contributed by atoms with E-state index in [1.165, 1.54) is 0 Å². The molecule has 1 aliphatic rings. The average Bonchev–Trinajstić information content (AvgIpc) is 2.61. The fourth-order valence-electron chi connectivity index (χ4n) is 2.19. The van der Waals surface area contributed by atoms with E-state index in [-0.39, 0.29) is 30.1 Å². The van der Waals surface area contributed by atoms with Crippen molar-refractivity contribution in [1.82, 2.24) is 10.2 Å². The van der Waals surface area contributed by atoms with Gasteiger partial charge in [-0.1, -0.05) is 0 Å². The van der Waals surface area contributed by atoms with E-state index in [0.29, 0.717) is 0 Å². The van der Waals surface area contributed by atoms with Crippen molar-refractivity contribution in [2.45, 2.75) is 58.2 Å². The highest BCUT2D eigenvalue weighted by Gasteiger charge is 2.32. The van der Waals surface area contributed by atoms with Crippen LogP contribution in [0.5, 0.6) is 0 Å². The second-order valence-corrected chi connectivity index (χ2v) is 5.63. The van der Waals surface area contributed by atoms with Crippen LogP contribution >= 0.6 is 0 Å². The minimum Gasteiger partial charge on any atom is -0.395 e. The first-order chi connectivity index (χ1) is 7.35. The van der Waals surface area contributed by atoms with Crippen LogP contribution in [-0.4, -0.2) is 46.7 Å². The number of carbonyl (C=O) groups is 1. The van der Waals surface area contributed by atoms with Crippen molar-refractivity contribution in [3.05, 3.63) is 0 Å². The molecule has 1 fully saturated rings. The van der Waals surface area contributed by atoms with Crippen LogP contribution < -0.4 is 5.32 Å². The maximum Gasteiger partial charge on any atom is 0.237 e. The molecule has 0 aromatic heterocycles. The van der Waals surface area contributed by atoms with Gasteiger partial charge in [0.15, 0.2) is 0 Å². The topological polar surface area (TPSA) is 52.6 Å². The van der Waals surface area contributed by atoms with Crippen molar-refractivity contribution in [3.8, 4) is 0 Å². The molecule has 0 saturated carbocycles. The van der Waals surface area contributed by atoms with E-state index in [4.69, 9.17) is 0 Å². The fraction of sp³-hybridized carbons (Fsp3) is 0.917. The van der Waals surface area contributed by atoms with Crippen LogP contribution in [0.2, 0.25) is 0 Å². The molecule has 0 aromatic carbocycles. The molecule has 16 heavy (non-hydrogen) atoms. The van der Waals surface area contributed by atoms with Crippen molar-refractivity contribution in [2.75, 3.05) is 13.2 Å². The van der Waals surface area contributed by atoms with Crippen molar-refractivity contribution in [1.29, 1.82) is 0 Å². The number of aliphatic hydroxyl groups excluding tert-OH is 1. The fourth-order valence-corrected chi connectivity index (χ4v) is 2.19. The van der Waals surface area contributed by atoms with Crippen LogP contribution in [0.4, 0.5) is 0 Å². The summed E-state index contributed by atoms with van der Waals surface area (Å²) < 4.78 is 0. The van der Waals surface area contributed by atoms with E-state index >= 15 is 0 Å². The first-order valence-corrected chi connectivity index (χ1v) is 6.04. The lowest BCUT2D eigenvalue weighted by molar-refractivity contribution is -0.127. The Kier molecular flexibility index (Phi) is 4.33. The van der Waals surface area contributed by atoms with Gasteiger partial charge in [-0.15, -0.1) is 0 Å². The number of likely N-dealkylation sites (tertiary alicyclic amines) is 1. The summed E-state index contributed by atoms with van der Waals surface area (Å²) in [7, 11) is 0. The molecule has 4 heteroatoms. The average molecular weight is 228 g/mol. The molecular formula is C12H24N2O2. The zero-order valence-electron chi connectivity index (χ0n) is 10.8. The SMILES string of the molecule is CC(C(=O)NC(C)(C)C)N1CCCC1CO. The largest absolute Gasteiger partial charge is 0.395 e. The Morgan fingerprint density at radius 2 is 2.19 bits per heavy atom. The number of carbonyl (C=O) groups excluding carboxylic acids is 1. The van der Waals surface area contributed by atoms with E-state index in [1.54, 1.807) is 0 Å². The number of rotatable bonds is 3. The molecule has 2 N–H and O–H groups in total. The lowest BCUT2D eigenvalue weighted by Gasteiger charge is -2.31. The van der Waals surface area contributed by atoms with E-state index in [2.05, 4.69) is 10.2 Å². The second-order valence-electron chi connectivity index (χ2n) is 5.63. The van der Waals surface area contributed by atoms with Crippen molar-refractivity contribution in [3.63, 3.8) is 0 Å². The summed E-state index contributed by atoms with van der Waals surface area (Å²) in [5, 5.41) is 12.2. The van der Waals surface area contributed by atoms with E-state index < -0.39 is 0 Å². The summed E-state index contributed by atoms with van der Waals surface area (Å²) in [5.41, 5.74) is -0.195. The van der Waals surface area contributed by atoms with E-state index in [0.717, 1.165) is 19.4 Å². The molecule has 0 radical (unpaired) electrons. The molecule has 0 bridgehead atoms. The lowest BCUT2D eigenvalue weighted by atomic mass is 10.1. The maximum atomic E-state index is 12.0. The number of nitrogens with zero attached hydrogens (tertiary/aromatic N) is 1. The van der Waals surface area contributed by atoms with Gasteiger partial charge < -0.3 is 10.4 Å². The number of hydrogen-bond donors (Lipinski definition) is 2. The third-order valence-electron chi connectivity index (χ3n) is 3.01. The summed E-state index contributed by atoms with van der Waals surface area (Å²) >= 11 is 0. The molecule has 0 aromatic rings. The van der Waals surface area contributed by atoms with Gasteiger partial charge >= 0.3 is 0 Å². The quantitative estimate of drug-likeness (QED) is 0.749. The zero-order valence-corrected chi connectivity index (χ0v) is 10.8. The number of amides is 1. The van der Waals surface area contributed by atoms with Gasteiger partial charge in [0.25, 0.3) is 0 Å². The Morgan fingerprint density at radius 3 is 2.69 bits per heavy atom. The van der Waals surface area contributed by atoms with Crippen LogP contribution in [0.25, 0.3) is 0 Å². The van der Waals surface area contributed by atoms with Gasteiger partial charge in [0.2, 0.25) is 5.91 Å². The standard InChI is InChI=1S/C12H24N2O2/c1-9(11(16)13-12(2,3)4)14-7-5-6-10(14)8-15/h9-10,15H,5-8H2,1-4H3,(H,13,16). The van der Waals surface area contributed by atoms with E-state index in [9.17, 15) is 9.90 Å². The van der Waals surface area contributed by atoms with Gasteiger partial charge in [-0.2, -0.15) is 0 Å². The van der Waals surface area contributed by atoms with Gasteiger partial charge in [-0.3, -0.25) is 9.69 Å². The van der Waals surface area contributed by atoms with Gasteiger partial charge in [-0.05, 0) is 47.1 Å². The number of aliphatic hydroxyl groups is 1. The minimum absolute atomic E-state index is 0.0489. The molecule has 4 nitrogen and oxygen atoms in total. The third kappa shape index (κ3) is 3.46. The molecule has 1 rings (SSSR count). The molecule has 0 aliphatic carbocycles. The summed E-state index contributed by atoms with van der Waals surface area (Å²) in [6.45, 7) is 8.90. The van der Waals surface area contributed by atoms with Crippen LogP contribution in [-0.2, 0) is 4.79 Å². The monoisotopic (exact) mass is 228 g/mol. The minimum atomic E-state index is -0.195. The predicted octanol–water partition coefficient (Wildman–Crippen LogP) is 0.746. The lowest BCUT2D eigenvalue weighted by Crippen LogP contribution is -2.52. The van der Waals surface area contributed by atoms with Gasteiger partial charge in [0.1, 0.15) is 0 Å². The highest BCUT2D eigenvalue weighted by molar-refractivity contribution is 5.82. The first kappa shape index (κ1) is 13.5. The molecule has 1 amide bonds. The molecule has 2 atom stereocenters. The molecule has 94 valence electrons. The Labute approximate surface area is 98.0 Å². The predicted molar refractivity (Wildman–Crippen MR) is 64.2 cm³/mol. The summed E-state index contributed by atoms with van der Waals surface area (Å²) in [6.07, 6.45) is 2.06. The van der Waals surface area contributed by atoms with Gasteiger partial charge in [0.05, 0.1) is 12.6 Å². The number of hydrogen-bond acceptors (Lipinski definition) is 3. The van der Waals surface area contributed by atoms with Crippen molar-refractivity contribution in [2.24, 2.45) is 0 Å². The normalized spacial score (nSPS) is 24.4. The van der Waals surface area contributed by atoms with Crippen LogP contribution in [0.1, 0.15) is 40.5 Å². The van der Waals surface area contributed by atoms with Crippen molar-refractivity contribution < 1.29 is 9.90 Å². The Hall–Kier alpha value is -0.610. The molecule has 1 saturated heterocycles. The van der Waals surface area contributed by atoms with E-state index in [1.807, 2.05) is 27.7 Å². The Morgan fingerprint density at radius 1 is 1.56 bits per heavy atom. The molecule has 0 spiro atoms. The van der Waals surface area contributed by atoms with Gasteiger partial charge in [0, 0.05) is 11.6 Å². The first-order valence-electron chi connectivity index (χ1n) is 6.04. The zero-order chi connectivity index (χ0) is 12.3. The molecule has 1 heterocycles. The van der Waals surface area contributed by atoms with Crippen molar-refractivity contribution >= 4 is 5.91 Å². The highest BCUT2D eigenvalue weighted by atomic mass is 16.3. The maximum absolute atomic E-state index is 12.0. The Bertz CT molecular complexity index is 248. The van der Waals surface area contributed by atoms with Gasteiger partial charge in [-0.25, -0.2) is 0 Å². The Balaban J connectivity index is 2.56. The highest BCUT2D eigenvalue weighted by Crippen LogP contribution is 2.20. The summed E-state index contributed by atoms with van der Waals surface area (Å²) in [5.74, 6) is 0.0489. The number of nitrogens with one attached hydrogen (secondary N) is 1. The smallest absolute Gasteiger partial charge is 0.237 e. The molecule has 1 aliphatic heterocycles. The molecular weight excluding hydrogens is 204 g/mol. The van der Waals surface area contributed by atoms with Crippen LogP contribution in [0.15, 0.2) is 0 Å². The molecule has 2 unspecified atom stereocenters. The third-order valence-corrected chi connectivity index (χ3v) is 3.01. The van der Waals surface area contributed by atoms with Crippen LogP contribution in [0.3, 0.4) is 0 Å². The second kappa shape index (κ2) is 5.15. The van der Waals surface area contributed by atoms with Crippen LogP contribution in [0, 0.1) is 0 Å². The summed E-state index contributed by atoms with van der Waals surface area (Å²) in [4.78, 5) is 14.1. The summed E-state index contributed by atoms with van der Waals surface area (Å²) in [6, 6.07) is -0.000377.